The second kappa shape index (κ2) is 5.57. The Morgan fingerprint density at radius 3 is 2.74 bits per heavy atom. The average Bonchev–Trinajstić information content (AvgIpc) is 2.87. The molecule has 2 N–H and O–H groups in total. The van der Waals surface area contributed by atoms with E-state index >= 15 is 0 Å². The van der Waals surface area contributed by atoms with E-state index in [0.29, 0.717) is 11.1 Å². The maximum atomic E-state index is 13.0. The summed E-state index contributed by atoms with van der Waals surface area (Å²) in [7, 11) is 0. The lowest BCUT2D eigenvalue weighted by atomic mass is 9.89. The number of hydrogen-bond donors (Lipinski definition) is 2. The zero-order chi connectivity index (χ0) is 16.7. The molecule has 2 aromatic rings. The van der Waals surface area contributed by atoms with Crippen LogP contribution in [-0.4, -0.2) is 20.7 Å². The van der Waals surface area contributed by atoms with Crippen LogP contribution in [0.15, 0.2) is 36.0 Å². The van der Waals surface area contributed by atoms with Crippen LogP contribution in [0.3, 0.4) is 0 Å². The highest BCUT2D eigenvalue weighted by atomic mass is 16.3. The third kappa shape index (κ3) is 2.63. The van der Waals surface area contributed by atoms with Gasteiger partial charge in [0.15, 0.2) is 5.78 Å². The van der Waals surface area contributed by atoms with Gasteiger partial charge in [0.25, 0.3) is 0 Å². The molecule has 1 aliphatic rings. The number of aromatic hydroxyl groups is 1. The summed E-state index contributed by atoms with van der Waals surface area (Å²) < 4.78 is 1.86. The Balaban J connectivity index is 2.06. The zero-order valence-electron chi connectivity index (χ0n) is 13.8. The Morgan fingerprint density at radius 2 is 2.04 bits per heavy atom. The molecule has 5 nitrogen and oxygen atoms in total. The molecule has 0 bridgehead atoms. The molecule has 0 spiro atoms. The molecule has 1 atom stereocenters. The van der Waals surface area contributed by atoms with Gasteiger partial charge in [0.1, 0.15) is 11.6 Å². The van der Waals surface area contributed by atoms with E-state index < -0.39 is 0 Å². The molecule has 120 valence electrons. The molecule has 3 rings (SSSR count). The Morgan fingerprint density at radius 1 is 1.30 bits per heavy atom. The van der Waals surface area contributed by atoms with Crippen molar-refractivity contribution in [3.8, 4) is 5.75 Å². The van der Waals surface area contributed by atoms with Crippen molar-refractivity contribution in [1.82, 2.24) is 9.78 Å². The van der Waals surface area contributed by atoms with Crippen LogP contribution in [0.25, 0.3) is 0 Å². The molecular formula is C18H21N3O2. The van der Waals surface area contributed by atoms with Crippen molar-refractivity contribution in [1.29, 1.82) is 0 Å². The summed E-state index contributed by atoms with van der Waals surface area (Å²) in [5, 5.41) is 17.7. The number of allylic oxidation sites excluding steroid dienone is 1. The number of aryl methyl sites for hydroxylation is 2. The average molecular weight is 311 g/mol. The number of benzene rings is 1. The third-order valence-corrected chi connectivity index (χ3v) is 4.11. The minimum absolute atomic E-state index is 0.00597. The molecule has 1 unspecified atom stereocenters. The number of phenols is 1. The largest absolute Gasteiger partial charge is 0.507 e. The highest BCUT2D eigenvalue weighted by Gasteiger charge is 2.32. The predicted octanol–water partition coefficient (Wildman–Crippen LogP) is 3.59. The van der Waals surface area contributed by atoms with Gasteiger partial charge in [-0.15, -0.1) is 0 Å². The molecule has 5 heteroatoms. The van der Waals surface area contributed by atoms with E-state index in [1.165, 1.54) is 0 Å². The second-order valence-corrected chi connectivity index (χ2v) is 6.40. The molecular weight excluding hydrogens is 290 g/mol. The van der Waals surface area contributed by atoms with E-state index in [9.17, 15) is 9.90 Å². The number of fused-ring (bicyclic) bond motifs is 1. The van der Waals surface area contributed by atoms with Crippen LogP contribution in [-0.2, 0) is 0 Å². The van der Waals surface area contributed by atoms with E-state index in [4.69, 9.17) is 0 Å². The third-order valence-electron chi connectivity index (χ3n) is 4.11. The van der Waals surface area contributed by atoms with Gasteiger partial charge >= 0.3 is 0 Å². The number of Topliss-reactive ketones (excluding diaryl/α,β-unsaturated/α-hetero) is 1. The van der Waals surface area contributed by atoms with Gasteiger partial charge in [-0.25, -0.2) is 4.68 Å². The lowest BCUT2D eigenvalue weighted by Crippen LogP contribution is -2.28. The van der Waals surface area contributed by atoms with Gasteiger partial charge in [-0.05, 0) is 31.9 Å². The molecule has 1 aromatic heterocycles. The van der Waals surface area contributed by atoms with Crippen LogP contribution >= 0.6 is 0 Å². The van der Waals surface area contributed by atoms with Crippen LogP contribution in [0, 0.1) is 19.8 Å². The molecule has 2 heterocycles. The summed E-state index contributed by atoms with van der Waals surface area (Å²) >= 11 is 0. The summed E-state index contributed by atoms with van der Waals surface area (Å²) in [5.74, 6) is 0.908. The fraction of sp³-hybridized carbons (Fsp3) is 0.333. The lowest BCUT2D eigenvalue weighted by Gasteiger charge is -2.29. The van der Waals surface area contributed by atoms with Gasteiger partial charge < -0.3 is 10.4 Å². The normalized spacial score (nSPS) is 16.7. The van der Waals surface area contributed by atoms with Crippen LogP contribution in [0.5, 0.6) is 5.75 Å². The first-order valence-electron chi connectivity index (χ1n) is 7.75. The van der Waals surface area contributed by atoms with Crippen molar-refractivity contribution in [2.75, 3.05) is 5.32 Å². The SMILES string of the molecule is Cc1ccc(O)c(C(=O)C2=CNc3cc(C)nn3C2C(C)C)c1. The summed E-state index contributed by atoms with van der Waals surface area (Å²) in [4.78, 5) is 13.0. The Hall–Kier alpha value is -2.56. The number of carbonyl (C=O) groups is 1. The van der Waals surface area contributed by atoms with Crippen molar-refractivity contribution in [2.24, 2.45) is 5.92 Å². The molecule has 0 saturated heterocycles. The van der Waals surface area contributed by atoms with E-state index in [1.54, 1.807) is 24.4 Å². The molecule has 1 aliphatic heterocycles. The van der Waals surface area contributed by atoms with Crippen molar-refractivity contribution in [2.45, 2.75) is 33.7 Å². The van der Waals surface area contributed by atoms with Gasteiger partial charge in [0.05, 0.1) is 17.3 Å². The maximum absolute atomic E-state index is 13.0. The molecule has 0 amide bonds. The maximum Gasteiger partial charge on any atom is 0.196 e. The van der Waals surface area contributed by atoms with Crippen LogP contribution in [0.4, 0.5) is 5.82 Å². The number of aromatic nitrogens is 2. The van der Waals surface area contributed by atoms with E-state index in [-0.39, 0.29) is 23.5 Å². The molecule has 0 aliphatic carbocycles. The van der Waals surface area contributed by atoms with Crippen molar-refractivity contribution in [3.05, 3.63) is 52.9 Å². The fourth-order valence-electron chi connectivity index (χ4n) is 3.03. The van der Waals surface area contributed by atoms with Gasteiger partial charge in [-0.1, -0.05) is 25.5 Å². The first-order chi connectivity index (χ1) is 10.9. The Bertz CT molecular complexity index is 803. The van der Waals surface area contributed by atoms with Crippen molar-refractivity contribution < 1.29 is 9.90 Å². The second-order valence-electron chi connectivity index (χ2n) is 6.40. The standard InChI is InChI=1S/C18H21N3O2/c1-10(2)17-14(9-19-16-8-12(4)20-21(16)17)18(23)13-7-11(3)5-6-15(13)22/h5-10,17,19,22H,1-4H3. The number of phenolic OH excluding ortho intramolecular Hbond substituents is 1. The lowest BCUT2D eigenvalue weighted by molar-refractivity contribution is 0.101. The van der Waals surface area contributed by atoms with Gasteiger partial charge in [-0.2, -0.15) is 5.10 Å². The molecule has 0 radical (unpaired) electrons. The summed E-state index contributed by atoms with van der Waals surface area (Å²) in [6.45, 7) is 7.96. The Kier molecular flexibility index (Phi) is 3.72. The van der Waals surface area contributed by atoms with Gasteiger partial charge in [0, 0.05) is 17.8 Å². The van der Waals surface area contributed by atoms with Crippen molar-refractivity contribution in [3.63, 3.8) is 0 Å². The van der Waals surface area contributed by atoms with Crippen LogP contribution in [0.1, 0.15) is 41.5 Å². The number of carbonyl (C=O) groups excluding carboxylic acids is 1. The number of nitrogens with zero attached hydrogens (tertiary/aromatic N) is 2. The first kappa shape index (κ1) is 15.3. The van der Waals surface area contributed by atoms with E-state index in [1.807, 2.05) is 24.6 Å². The first-order valence-corrected chi connectivity index (χ1v) is 7.75. The van der Waals surface area contributed by atoms with Gasteiger partial charge in [-0.3, -0.25) is 4.79 Å². The molecule has 23 heavy (non-hydrogen) atoms. The predicted molar refractivity (Wildman–Crippen MR) is 89.7 cm³/mol. The Labute approximate surface area is 135 Å². The quantitative estimate of drug-likeness (QED) is 0.850. The van der Waals surface area contributed by atoms with Crippen LogP contribution in [0.2, 0.25) is 0 Å². The number of hydrogen-bond acceptors (Lipinski definition) is 4. The number of rotatable bonds is 3. The monoisotopic (exact) mass is 311 g/mol. The van der Waals surface area contributed by atoms with E-state index in [0.717, 1.165) is 17.1 Å². The molecule has 0 fully saturated rings. The number of anilines is 1. The fourth-order valence-corrected chi connectivity index (χ4v) is 3.03. The summed E-state index contributed by atoms with van der Waals surface area (Å²) in [5.41, 5.74) is 2.78. The van der Waals surface area contributed by atoms with Crippen molar-refractivity contribution >= 4 is 11.6 Å². The molecule has 0 saturated carbocycles. The summed E-state index contributed by atoms with van der Waals surface area (Å²) in [6, 6.07) is 6.87. The summed E-state index contributed by atoms with van der Waals surface area (Å²) in [6.07, 6.45) is 1.74. The highest BCUT2D eigenvalue weighted by Crippen LogP contribution is 2.36. The minimum atomic E-state index is -0.170. The van der Waals surface area contributed by atoms with E-state index in [2.05, 4.69) is 24.3 Å². The topological polar surface area (TPSA) is 67.2 Å². The number of ketones is 1. The minimum Gasteiger partial charge on any atom is -0.507 e. The van der Waals surface area contributed by atoms with Crippen LogP contribution < -0.4 is 5.32 Å². The zero-order valence-corrected chi connectivity index (χ0v) is 13.8. The number of nitrogens with one attached hydrogen (secondary N) is 1. The smallest absolute Gasteiger partial charge is 0.196 e. The van der Waals surface area contributed by atoms with Gasteiger partial charge in [0.2, 0.25) is 0 Å². The highest BCUT2D eigenvalue weighted by molar-refractivity contribution is 6.11. The molecule has 1 aromatic carbocycles.